The van der Waals surface area contributed by atoms with E-state index in [2.05, 4.69) is 9.97 Å². The molecule has 80 valence electrons. The van der Waals surface area contributed by atoms with Gasteiger partial charge in [-0.3, -0.25) is 0 Å². The summed E-state index contributed by atoms with van der Waals surface area (Å²) in [5.74, 6) is 1.57. The van der Waals surface area contributed by atoms with Crippen molar-refractivity contribution in [2.24, 2.45) is 5.73 Å². The molecule has 0 aliphatic rings. The van der Waals surface area contributed by atoms with Crippen LogP contribution in [0.3, 0.4) is 0 Å². The highest BCUT2D eigenvalue weighted by atomic mass is 16.3. The molecule has 2 heterocycles. The highest BCUT2D eigenvalue weighted by molar-refractivity contribution is 5.50. The molecule has 1 atom stereocenters. The van der Waals surface area contributed by atoms with Crippen molar-refractivity contribution in [1.29, 1.82) is 0 Å². The summed E-state index contributed by atoms with van der Waals surface area (Å²) in [5.41, 5.74) is 6.53. The number of imidazole rings is 1. The highest BCUT2D eigenvalue weighted by Gasteiger charge is 2.22. The van der Waals surface area contributed by atoms with Gasteiger partial charge in [-0.15, -0.1) is 0 Å². The van der Waals surface area contributed by atoms with E-state index < -0.39 is 5.54 Å². The van der Waals surface area contributed by atoms with Crippen LogP contribution in [0.2, 0.25) is 0 Å². The van der Waals surface area contributed by atoms with Gasteiger partial charge in [-0.05, 0) is 25.5 Å². The first kappa shape index (κ1) is 9.98. The minimum absolute atomic E-state index is 0.412. The number of nitrogens with zero attached hydrogens (tertiary/aromatic N) is 1. The molecule has 2 aromatic heterocycles. The maximum Gasteiger partial charge on any atom is 0.151 e. The van der Waals surface area contributed by atoms with E-state index in [9.17, 15) is 0 Å². The third-order valence-electron chi connectivity index (χ3n) is 2.64. The molecule has 1 unspecified atom stereocenters. The Morgan fingerprint density at radius 2 is 2.40 bits per heavy atom. The molecule has 2 rings (SSSR count). The Morgan fingerprint density at radius 1 is 1.60 bits per heavy atom. The van der Waals surface area contributed by atoms with Gasteiger partial charge in [0, 0.05) is 0 Å². The molecule has 0 bridgehead atoms. The fraction of sp³-hybridized carbons (Fsp3) is 0.364. The van der Waals surface area contributed by atoms with E-state index in [0.717, 1.165) is 23.7 Å². The second-order valence-corrected chi connectivity index (χ2v) is 3.89. The van der Waals surface area contributed by atoms with Gasteiger partial charge in [-0.2, -0.15) is 0 Å². The number of nitrogens with one attached hydrogen (secondary N) is 1. The van der Waals surface area contributed by atoms with Crippen molar-refractivity contribution < 1.29 is 4.42 Å². The number of furan rings is 1. The monoisotopic (exact) mass is 205 g/mol. The molecule has 0 fully saturated rings. The van der Waals surface area contributed by atoms with Gasteiger partial charge in [0.1, 0.15) is 11.5 Å². The minimum Gasteiger partial charge on any atom is -0.463 e. The van der Waals surface area contributed by atoms with Crippen molar-refractivity contribution >= 4 is 0 Å². The van der Waals surface area contributed by atoms with Gasteiger partial charge >= 0.3 is 0 Å². The number of hydrogen-bond acceptors (Lipinski definition) is 3. The van der Waals surface area contributed by atoms with Crippen LogP contribution in [0.25, 0.3) is 11.5 Å². The van der Waals surface area contributed by atoms with Gasteiger partial charge in [-0.1, -0.05) is 6.92 Å². The average molecular weight is 205 g/mol. The van der Waals surface area contributed by atoms with Crippen molar-refractivity contribution in [3.63, 3.8) is 0 Å². The molecule has 4 nitrogen and oxygen atoms in total. The summed E-state index contributed by atoms with van der Waals surface area (Å²) in [5, 5.41) is 0. The second-order valence-electron chi connectivity index (χ2n) is 3.89. The van der Waals surface area contributed by atoms with Crippen LogP contribution in [0.4, 0.5) is 0 Å². The quantitative estimate of drug-likeness (QED) is 0.807. The Kier molecular flexibility index (Phi) is 2.36. The van der Waals surface area contributed by atoms with Crippen LogP contribution in [-0.2, 0) is 5.54 Å². The van der Waals surface area contributed by atoms with Crippen molar-refractivity contribution in [3.8, 4) is 11.5 Å². The molecular weight excluding hydrogens is 190 g/mol. The number of rotatable bonds is 3. The zero-order valence-corrected chi connectivity index (χ0v) is 8.95. The number of aromatic amines is 1. The van der Waals surface area contributed by atoms with Crippen molar-refractivity contribution in [2.45, 2.75) is 25.8 Å². The maximum absolute atomic E-state index is 6.08. The molecule has 4 heteroatoms. The van der Waals surface area contributed by atoms with E-state index in [1.807, 2.05) is 26.0 Å². The van der Waals surface area contributed by atoms with Gasteiger partial charge in [0.15, 0.2) is 5.76 Å². The molecule has 0 saturated heterocycles. The molecule has 0 saturated carbocycles. The fourth-order valence-electron chi connectivity index (χ4n) is 1.34. The first-order valence-electron chi connectivity index (χ1n) is 5.01. The van der Waals surface area contributed by atoms with E-state index in [1.54, 1.807) is 12.5 Å². The number of nitrogens with two attached hydrogens (primary N) is 1. The SMILES string of the molecule is CCC(C)(N)c1ncc(-c2ccco2)[nH]1. The normalized spacial score (nSPS) is 15.1. The summed E-state index contributed by atoms with van der Waals surface area (Å²) in [6.45, 7) is 3.99. The molecule has 0 spiro atoms. The summed E-state index contributed by atoms with van der Waals surface area (Å²) in [6, 6.07) is 3.73. The van der Waals surface area contributed by atoms with E-state index in [-0.39, 0.29) is 0 Å². The summed E-state index contributed by atoms with van der Waals surface area (Å²) < 4.78 is 5.27. The minimum atomic E-state index is -0.412. The lowest BCUT2D eigenvalue weighted by Gasteiger charge is -2.19. The van der Waals surface area contributed by atoms with Gasteiger partial charge < -0.3 is 15.1 Å². The highest BCUT2D eigenvalue weighted by Crippen LogP contribution is 2.22. The van der Waals surface area contributed by atoms with Crippen LogP contribution in [-0.4, -0.2) is 9.97 Å². The van der Waals surface area contributed by atoms with Crippen LogP contribution < -0.4 is 5.73 Å². The van der Waals surface area contributed by atoms with E-state index in [1.165, 1.54) is 0 Å². The Bertz CT molecular complexity index is 428. The second kappa shape index (κ2) is 3.55. The third-order valence-corrected chi connectivity index (χ3v) is 2.64. The standard InChI is InChI=1S/C11H15N3O/c1-3-11(2,12)10-13-7-8(14-10)9-5-4-6-15-9/h4-7H,3,12H2,1-2H3,(H,13,14). The maximum atomic E-state index is 6.08. The first-order valence-corrected chi connectivity index (χ1v) is 5.01. The first-order chi connectivity index (χ1) is 7.13. The van der Waals surface area contributed by atoms with Crippen molar-refractivity contribution in [1.82, 2.24) is 9.97 Å². The molecule has 0 aliphatic heterocycles. The predicted molar refractivity (Wildman–Crippen MR) is 58.1 cm³/mol. The van der Waals surface area contributed by atoms with Crippen molar-refractivity contribution in [2.75, 3.05) is 0 Å². The number of H-pyrrole nitrogens is 1. The van der Waals surface area contributed by atoms with E-state index in [4.69, 9.17) is 10.2 Å². The predicted octanol–water partition coefficient (Wildman–Crippen LogP) is 2.25. The third kappa shape index (κ3) is 1.80. The molecule has 15 heavy (non-hydrogen) atoms. The lowest BCUT2D eigenvalue weighted by molar-refractivity contribution is 0.450. The largest absolute Gasteiger partial charge is 0.463 e. The van der Waals surface area contributed by atoms with Gasteiger partial charge in [0.05, 0.1) is 18.0 Å². The van der Waals surface area contributed by atoms with Gasteiger partial charge in [0.25, 0.3) is 0 Å². The van der Waals surface area contributed by atoms with E-state index in [0.29, 0.717) is 0 Å². The van der Waals surface area contributed by atoms with Crippen LogP contribution in [0.1, 0.15) is 26.1 Å². The van der Waals surface area contributed by atoms with Gasteiger partial charge in [-0.25, -0.2) is 4.98 Å². The Hall–Kier alpha value is -1.55. The summed E-state index contributed by atoms with van der Waals surface area (Å²) in [6.07, 6.45) is 4.21. The number of aromatic nitrogens is 2. The molecule has 0 aromatic carbocycles. The molecule has 0 aliphatic carbocycles. The molecule has 0 amide bonds. The Morgan fingerprint density at radius 3 is 3.00 bits per heavy atom. The summed E-state index contributed by atoms with van der Waals surface area (Å²) in [7, 11) is 0. The lowest BCUT2D eigenvalue weighted by Crippen LogP contribution is -2.33. The smallest absolute Gasteiger partial charge is 0.151 e. The molecule has 0 radical (unpaired) electrons. The number of hydrogen-bond donors (Lipinski definition) is 2. The molecule has 2 aromatic rings. The Balaban J connectivity index is 2.33. The lowest BCUT2D eigenvalue weighted by atomic mass is 10.0. The topological polar surface area (TPSA) is 67.8 Å². The fourth-order valence-corrected chi connectivity index (χ4v) is 1.34. The van der Waals surface area contributed by atoms with Crippen LogP contribution in [0, 0.1) is 0 Å². The Labute approximate surface area is 88.5 Å². The zero-order chi connectivity index (χ0) is 10.9. The van der Waals surface area contributed by atoms with Crippen LogP contribution >= 0.6 is 0 Å². The van der Waals surface area contributed by atoms with Gasteiger partial charge in [0.2, 0.25) is 0 Å². The average Bonchev–Trinajstić information content (AvgIpc) is 2.88. The molecular formula is C11H15N3O. The summed E-state index contributed by atoms with van der Waals surface area (Å²) >= 11 is 0. The molecule has 3 N–H and O–H groups in total. The van der Waals surface area contributed by atoms with Crippen LogP contribution in [0.15, 0.2) is 29.0 Å². The van der Waals surface area contributed by atoms with E-state index >= 15 is 0 Å². The zero-order valence-electron chi connectivity index (χ0n) is 8.95. The van der Waals surface area contributed by atoms with Crippen molar-refractivity contribution in [3.05, 3.63) is 30.4 Å². The van der Waals surface area contributed by atoms with Crippen LogP contribution in [0.5, 0.6) is 0 Å². The summed E-state index contributed by atoms with van der Waals surface area (Å²) in [4.78, 5) is 7.45.